The molecule has 1 fully saturated rings. The number of aryl methyl sites for hydroxylation is 3. The van der Waals surface area contributed by atoms with Crippen LogP contribution in [0, 0.1) is 13.8 Å². The molecule has 4 rings (SSSR count). The quantitative estimate of drug-likeness (QED) is 0.807. The number of amides is 1. The van der Waals surface area contributed by atoms with Crippen molar-refractivity contribution < 1.29 is 4.79 Å². The van der Waals surface area contributed by atoms with E-state index in [-0.39, 0.29) is 11.9 Å². The Morgan fingerprint density at radius 1 is 1.18 bits per heavy atom. The molecular weight excluding hydrogens is 290 g/mol. The molecule has 0 saturated heterocycles. The predicted molar refractivity (Wildman–Crippen MR) is 90.5 cm³/mol. The van der Waals surface area contributed by atoms with Crippen molar-refractivity contribution >= 4 is 17.2 Å². The number of carbonyl (C=O) groups excluding carboxylic acids is 1. The van der Waals surface area contributed by atoms with Gasteiger partial charge >= 0.3 is 0 Å². The fraction of sp³-hybridized carbons (Fsp3) is 0.421. The van der Waals surface area contributed by atoms with E-state index in [2.05, 4.69) is 49.1 Å². The summed E-state index contributed by atoms with van der Waals surface area (Å²) in [6.07, 6.45) is 4.49. The molecule has 1 atom stereocenters. The fourth-order valence-electron chi connectivity index (χ4n) is 3.72. The lowest BCUT2D eigenvalue weighted by atomic mass is 10.1. The van der Waals surface area contributed by atoms with E-state index in [9.17, 15) is 4.79 Å². The summed E-state index contributed by atoms with van der Waals surface area (Å²) in [5.74, 6) is 0.242. The van der Waals surface area contributed by atoms with Crippen molar-refractivity contribution in [1.29, 1.82) is 0 Å². The predicted octanol–water partition coefficient (Wildman–Crippen LogP) is 4.66. The first-order valence-electron chi connectivity index (χ1n) is 8.12. The number of benzene rings is 1. The number of fused-ring (bicyclic) bond motifs is 1. The van der Waals surface area contributed by atoms with Gasteiger partial charge in [0.25, 0.3) is 5.91 Å². The second kappa shape index (κ2) is 5.24. The maximum atomic E-state index is 13.2. The largest absolute Gasteiger partial charge is 0.329 e. The topological polar surface area (TPSA) is 20.3 Å². The molecule has 0 unspecified atom stereocenters. The van der Waals surface area contributed by atoms with Gasteiger partial charge in [-0.2, -0.15) is 0 Å². The maximum absolute atomic E-state index is 13.2. The molecule has 2 aliphatic carbocycles. The van der Waals surface area contributed by atoms with Crippen LogP contribution in [0.3, 0.4) is 0 Å². The second-order valence-corrected chi connectivity index (χ2v) is 7.98. The first-order valence-corrected chi connectivity index (χ1v) is 8.94. The van der Waals surface area contributed by atoms with Gasteiger partial charge in [0, 0.05) is 15.8 Å². The second-order valence-electron chi connectivity index (χ2n) is 6.52. The molecule has 0 N–H and O–H groups in total. The van der Waals surface area contributed by atoms with Gasteiger partial charge < -0.3 is 4.90 Å². The van der Waals surface area contributed by atoms with E-state index in [4.69, 9.17) is 0 Å². The van der Waals surface area contributed by atoms with Gasteiger partial charge in [0.2, 0.25) is 0 Å². The van der Waals surface area contributed by atoms with Crippen LogP contribution in [0.2, 0.25) is 0 Å². The van der Waals surface area contributed by atoms with E-state index in [0.717, 1.165) is 36.1 Å². The lowest BCUT2D eigenvalue weighted by molar-refractivity contribution is 0.0658. The highest BCUT2D eigenvalue weighted by molar-refractivity contribution is 7.12. The third kappa shape index (κ3) is 2.28. The number of nitrogens with zero attached hydrogens (tertiary/aromatic N) is 1. The molecule has 1 heterocycles. The minimum Gasteiger partial charge on any atom is -0.329 e. The van der Waals surface area contributed by atoms with E-state index in [1.54, 1.807) is 11.3 Å². The first kappa shape index (κ1) is 14.0. The number of hydrogen-bond acceptors (Lipinski definition) is 2. The van der Waals surface area contributed by atoms with Gasteiger partial charge in [-0.25, -0.2) is 0 Å². The van der Waals surface area contributed by atoms with Crippen molar-refractivity contribution in [3.8, 4) is 0 Å². The molecule has 114 valence electrons. The van der Waals surface area contributed by atoms with Crippen LogP contribution in [0.25, 0.3) is 0 Å². The molecule has 2 aromatic rings. The number of carbonyl (C=O) groups is 1. The molecule has 22 heavy (non-hydrogen) atoms. The summed E-state index contributed by atoms with van der Waals surface area (Å²) in [6, 6.07) is 11.4. The van der Waals surface area contributed by atoms with E-state index in [1.165, 1.54) is 16.0 Å². The summed E-state index contributed by atoms with van der Waals surface area (Å²) in [4.78, 5) is 17.8. The molecule has 0 aliphatic heterocycles. The van der Waals surface area contributed by atoms with Crippen molar-refractivity contribution in [3.05, 3.63) is 56.8 Å². The highest BCUT2D eigenvalue weighted by atomic mass is 32.1. The molecule has 1 aromatic heterocycles. The molecule has 1 saturated carbocycles. The SMILES string of the molecule is Cc1cc(C(=O)N(C2CC2)[C@H]2CCc3ccccc32)c(C)s1. The molecule has 2 aliphatic rings. The molecule has 1 amide bonds. The average Bonchev–Trinajstić information content (AvgIpc) is 3.15. The summed E-state index contributed by atoms with van der Waals surface area (Å²) in [6.45, 7) is 4.15. The average molecular weight is 311 g/mol. The van der Waals surface area contributed by atoms with Crippen molar-refractivity contribution in [3.63, 3.8) is 0 Å². The highest BCUT2D eigenvalue weighted by Gasteiger charge is 2.41. The Balaban J connectivity index is 1.71. The van der Waals surface area contributed by atoms with Gasteiger partial charge in [0.05, 0.1) is 11.6 Å². The Kier molecular flexibility index (Phi) is 3.33. The van der Waals surface area contributed by atoms with Crippen molar-refractivity contribution in [2.45, 2.75) is 51.6 Å². The summed E-state index contributed by atoms with van der Waals surface area (Å²) in [7, 11) is 0. The number of rotatable bonds is 3. The Morgan fingerprint density at radius 2 is 1.95 bits per heavy atom. The fourth-order valence-corrected chi connectivity index (χ4v) is 4.64. The Hall–Kier alpha value is -1.61. The number of hydrogen-bond donors (Lipinski definition) is 0. The van der Waals surface area contributed by atoms with Gasteiger partial charge in [-0.3, -0.25) is 4.79 Å². The molecular formula is C19H21NOS. The minimum absolute atomic E-state index is 0.242. The Bertz CT molecular complexity index is 729. The zero-order chi connectivity index (χ0) is 15.3. The zero-order valence-corrected chi connectivity index (χ0v) is 14.0. The summed E-state index contributed by atoms with van der Waals surface area (Å²) in [5, 5.41) is 0. The normalized spacial score (nSPS) is 20.0. The van der Waals surface area contributed by atoms with Gasteiger partial charge in [-0.1, -0.05) is 24.3 Å². The molecule has 0 spiro atoms. The van der Waals surface area contributed by atoms with Gasteiger partial charge in [0.1, 0.15) is 0 Å². The monoisotopic (exact) mass is 311 g/mol. The lowest BCUT2D eigenvalue weighted by Gasteiger charge is -2.30. The van der Waals surface area contributed by atoms with E-state index < -0.39 is 0 Å². The van der Waals surface area contributed by atoms with Crippen LogP contribution in [0.5, 0.6) is 0 Å². The first-order chi connectivity index (χ1) is 10.6. The van der Waals surface area contributed by atoms with Crippen molar-refractivity contribution in [2.75, 3.05) is 0 Å². The summed E-state index contributed by atoms with van der Waals surface area (Å²) >= 11 is 1.73. The highest BCUT2D eigenvalue weighted by Crippen LogP contribution is 2.43. The maximum Gasteiger partial charge on any atom is 0.255 e. The van der Waals surface area contributed by atoms with E-state index in [1.807, 2.05) is 0 Å². The smallest absolute Gasteiger partial charge is 0.255 e. The molecule has 2 nitrogen and oxygen atoms in total. The van der Waals surface area contributed by atoms with Crippen LogP contribution < -0.4 is 0 Å². The molecule has 0 radical (unpaired) electrons. The third-order valence-electron chi connectivity index (χ3n) is 4.88. The Labute approximate surface area is 135 Å². The summed E-state index contributed by atoms with van der Waals surface area (Å²) < 4.78 is 0. The van der Waals surface area contributed by atoms with Crippen molar-refractivity contribution in [1.82, 2.24) is 4.90 Å². The summed E-state index contributed by atoms with van der Waals surface area (Å²) in [5.41, 5.74) is 3.70. The molecule has 1 aromatic carbocycles. The Morgan fingerprint density at radius 3 is 2.64 bits per heavy atom. The van der Waals surface area contributed by atoms with Gasteiger partial charge in [-0.05, 0) is 56.7 Å². The van der Waals surface area contributed by atoms with Crippen LogP contribution in [0.4, 0.5) is 0 Å². The van der Waals surface area contributed by atoms with Crippen LogP contribution in [0.1, 0.15) is 56.5 Å². The zero-order valence-electron chi connectivity index (χ0n) is 13.1. The van der Waals surface area contributed by atoms with Crippen LogP contribution in [-0.4, -0.2) is 16.8 Å². The van der Waals surface area contributed by atoms with Crippen LogP contribution in [0.15, 0.2) is 30.3 Å². The third-order valence-corrected chi connectivity index (χ3v) is 5.85. The lowest BCUT2D eigenvalue weighted by Crippen LogP contribution is -2.36. The molecule has 3 heteroatoms. The molecule has 0 bridgehead atoms. The van der Waals surface area contributed by atoms with Gasteiger partial charge in [-0.15, -0.1) is 11.3 Å². The van der Waals surface area contributed by atoms with Crippen LogP contribution >= 0.6 is 11.3 Å². The number of thiophene rings is 1. The standard InChI is InChI=1S/C19H21NOS/c1-12-11-17(13(2)22-12)19(21)20(15-8-9-15)18-10-7-14-5-3-4-6-16(14)18/h3-6,11,15,18H,7-10H2,1-2H3/t18-/m0/s1. The van der Waals surface area contributed by atoms with Gasteiger partial charge in [0.15, 0.2) is 0 Å². The van der Waals surface area contributed by atoms with E-state index >= 15 is 0 Å². The van der Waals surface area contributed by atoms with Crippen LogP contribution in [-0.2, 0) is 6.42 Å². The van der Waals surface area contributed by atoms with E-state index in [0.29, 0.717) is 6.04 Å². The van der Waals surface area contributed by atoms with Crippen molar-refractivity contribution in [2.24, 2.45) is 0 Å². The minimum atomic E-state index is 0.242.